The summed E-state index contributed by atoms with van der Waals surface area (Å²) in [5, 5.41) is 0. The lowest BCUT2D eigenvalue weighted by Gasteiger charge is -2.37. The van der Waals surface area contributed by atoms with E-state index in [9.17, 15) is 0 Å². The molecule has 4 aromatic carbocycles. The maximum Gasteiger partial charge on any atom is 0.131 e. The van der Waals surface area contributed by atoms with Gasteiger partial charge >= 0.3 is 0 Å². The summed E-state index contributed by atoms with van der Waals surface area (Å²) in [4.78, 5) is 0. The molecule has 2 heterocycles. The second-order valence-corrected chi connectivity index (χ2v) is 7.31. The van der Waals surface area contributed by atoms with Gasteiger partial charge in [0.1, 0.15) is 23.0 Å². The zero-order valence-corrected chi connectivity index (χ0v) is 15.2. The molecule has 0 atom stereocenters. The molecule has 2 aliphatic rings. The van der Waals surface area contributed by atoms with Crippen LogP contribution in [0, 0.1) is 0 Å². The summed E-state index contributed by atoms with van der Waals surface area (Å²) >= 11 is 0. The molecule has 0 saturated heterocycles. The van der Waals surface area contributed by atoms with Gasteiger partial charge in [-0.15, -0.1) is 0 Å². The number of para-hydroxylation sites is 4. The number of hydrogen-bond donors (Lipinski definition) is 0. The van der Waals surface area contributed by atoms with Crippen LogP contribution in [-0.2, 0) is 0 Å². The van der Waals surface area contributed by atoms with E-state index >= 15 is 0 Å². The molecule has 2 heteroatoms. The van der Waals surface area contributed by atoms with E-state index in [-0.39, 0.29) is 11.8 Å². The molecule has 0 fully saturated rings. The van der Waals surface area contributed by atoms with Gasteiger partial charge in [-0.1, -0.05) is 72.8 Å². The van der Waals surface area contributed by atoms with Crippen molar-refractivity contribution in [2.45, 2.75) is 11.8 Å². The summed E-state index contributed by atoms with van der Waals surface area (Å²) in [7, 11) is 0. The van der Waals surface area contributed by atoms with Crippen molar-refractivity contribution in [3.05, 3.63) is 119 Å². The Hall–Kier alpha value is -3.52. The summed E-state index contributed by atoms with van der Waals surface area (Å²) in [6, 6.07) is 33.6. The van der Waals surface area contributed by atoms with Crippen LogP contribution in [0.25, 0.3) is 0 Å². The van der Waals surface area contributed by atoms with Gasteiger partial charge < -0.3 is 9.47 Å². The number of fused-ring (bicyclic) bond motifs is 4. The van der Waals surface area contributed by atoms with Crippen molar-refractivity contribution in [1.29, 1.82) is 0 Å². The van der Waals surface area contributed by atoms with E-state index in [4.69, 9.17) is 9.47 Å². The molecule has 0 aliphatic carbocycles. The first kappa shape index (κ1) is 15.5. The van der Waals surface area contributed by atoms with Crippen molar-refractivity contribution in [2.75, 3.05) is 0 Å². The van der Waals surface area contributed by atoms with Gasteiger partial charge in [0.25, 0.3) is 0 Å². The average molecular weight is 362 g/mol. The Kier molecular flexibility index (Phi) is 3.33. The Morgan fingerprint density at radius 3 is 0.893 bits per heavy atom. The summed E-state index contributed by atoms with van der Waals surface area (Å²) in [6.07, 6.45) is 0. The quantitative estimate of drug-likeness (QED) is 0.368. The van der Waals surface area contributed by atoms with Crippen LogP contribution in [0.3, 0.4) is 0 Å². The fourth-order valence-electron chi connectivity index (χ4n) is 4.61. The lowest BCUT2D eigenvalue weighted by atomic mass is 9.71. The number of ether oxygens (including phenoxy) is 2. The van der Waals surface area contributed by atoms with Crippen LogP contribution in [0.1, 0.15) is 34.1 Å². The molecular formula is C26H18O2. The van der Waals surface area contributed by atoms with Crippen molar-refractivity contribution in [3.8, 4) is 23.0 Å². The molecule has 134 valence electrons. The third kappa shape index (κ3) is 2.21. The lowest BCUT2D eigenvalue weighted by Crippen LogP contribution is -2.21. The highest BCUT2D eigenvalue weighted by Crippen LogP contribution is 2.56. The van der Waals surface area contributed by atoms with Gasteiger partial charge in [0.2, 0.25) is 0 Å². The molecule has 0 bridgehead atoms. The summed E-state index contributed by atoms with van der Waals surface area (Å²) in [5.41, 5.74) is 4.88. The van der Waals surface area contributed by atoms with Crippen LogP contribution in [0.15, 0.2) is 97.1 Å². The Morgan fingerprint density at radius 2 is 0.607 bits per heavy atom. The molecular weight excluding hydrogens is 344 g/mol. The van der Waals surface area contributed by atoms with Gasteiger partial charge in [-0.2, -0.15) is 0 Å². The number of hydrogen-bond acceptors (Lipinski definition) is 2. The van der Waals surface area contributed by atoms with E-state index in [1.807, 2.05) is 24.3 Å². The van der Waals surface area contributed by atoms with E-state index in [1.165, 1.54) is 22.3 Å². The number of rotatable bonds is 1. The molecule has 0 N–H and O–H groups in total. The minimum absolute atomic E-state index is 0.160. The van der Waals surface area contributed by atoms with Gasteiger partial charge in [0, 0.05) is 34.1 Å². The highest BCUT2D eigenvalue weighted by molar-refractivity contribution is 5.62. The Labute approximate surface area is 164 Å². The van der Waals surface area contributed by atoms with Crippen LogP contribution in [-0.4, -0.2) is 0 Å². The SMILES string of the molecule is c1ccc2c(c1)Oc1ccccc1C2C1c2ccccc2Oc2ccccc21. The van der Waals surface area contributed by atoms with E-state index in [0.29, 0.717) is 0 Å². The highest BCUT2D eigenvalue weighted by Gasteiger charge is 2.39. The monoisotopic (exact) mass is 362 g/mol. The Morgan fingerprint density at radius 1 is 0.357 bits per heavy atom. The second kappa shape index (κ2) is 6.00. The third-order valence-electron chi connectivity index (χ3n) is 5.79. The van der Waals surface area contributed by atoms with Crippen molar-refractivity contribution >= 4 is 0 Å². The van der Waals surface area contributed by atoms with Gasteiger partial charge in [-0.3, -0.25) is 0 Å². The van der Waals surface area contributed by atoms with E-state index < -0.39 is 0 Å². The van der Waals surface area contributed by atoms with Crippen LogP contribution < -0.4 is 9.47 Å². The van der Waals surface area contributed by atoms with Gasteiger partial charge in [0.15, 0.2) is 0 Å². The fraction of sp³-hybridized carbons (Fsp3) is 0.0769. The van der Waals surface area contributed by atoms with E-state index in [1.54, 1.807) is 0 Å². The van der Waals surface area contributed by atoms with Gasteiger partial charge in [-0.05, 0) is 24.3 Å². The van der Waals surface area contributed by atoms with Crippen molar-refractivity contribution in [3.63, 3.8) is 0 Å². The molecule has 6 rings (SSSR count). The predicted molar refractivity (Wildman–Crippen MR) is 110 cm³/mol. The predicted octanol–water partition coefficient (Wildman–Crippen LogP) is 6.86. The zero-order chi connectivity index (χ0) is 18.5. The van der Waals surface area contributed by atoms with Crippen molar-refractivity contribution in [2.24, 2.45) is 0 Å². The molecule has 2 aliphatic heterocycles. The molecule has 2 nitrogen and oxygen atoms in total. The van der Waals surface area contributed by atoms with Gasteiger partial charge in [-0.25, -0.2) is 0 Å². The van der Waals surface area contributed by atoms with Crippen molar-refractivity contribution < 1.29 is 9.47 Å². The summed E-state index contributed by atoms with van der Waals surface area (Å²) in [5.74, 6) is 4.07. The summed E-state index contributed by atoms with van der Waals surface area (Å²) < 4.78 is 12.5. The van der Waals surface area contributed by atoms with Gasteiger partial charge in [0.05, 0.1) is 0 Å². The molecule has 0 saturated carbocycles. The largest absolute Gasteiger partial charge is 0.457 e. The highest BCUT2D eigenvalue weighted by atomic mass is 16.5. The average Bonchev–Trinajstić information content (AvgIpc) is 2.76. The van der Waals surface area contributed by atoms with Crippen LogP contribution in [0.5, 0.6) is 23.0 Å². The minimum Gasteiger partial charge on any atom is -0.457 e. The zero-order valence-electron chi connectivity index (χ0n) is 15.2. The smallest absolute Gasteiger partial charge is 0.131 e. The molecule has 28 heavy (non-hydrogen) atoms. The lowest BCUT2D eigenvalue weighted by molar-refractivity contribution is 0.413. The Balaban J connectivity index is 1.66. The molecule has 4 aromatic rings. The van der Waals surface area contributed by atoms with Crippen molar-refractivity contribution in [1.82, 2.24) is 0 Å². The minimum atomic E-state index is 0.160. The molecule has 0 aromatic heterocycles. The first-order valence-corrected chi connectivity index (χ1v) is 9.61. The maximum absolute atomic E-state index is 6.24. The molecule has 0 amide bonds. The van der Waals surface area contributed by atoms with E-state index in [2.05, 4.69) is 72.8 Å². The first-order valence-electron chi connectivity index (χ1n) is 9.61. The third-order valence-corrected chi connectivity index (χ3v) is 5.79. The van der Waals surface area contributed by atoms with Crippen LogP contribution in [0.2, 0.25) is 0 Å². The first-order chi connectivity index (χ1) is 13.9. The normalized spacial score (nSPS) is 14.7. The fourth-order valence-corrected chi connectivity index (χ4v) is 4.61. The molecule has 0 spiro atoms. The standard InChI is InChI=1S/C26H18O2/c1-5-13-21-17(9-1)25(18-10-2-6-14-22(18)27-21)26-19-11-3-7-15-23(19)28-24-16-8-4-12-20(24)26/h1-16,25-26H. The second-order valence-electron chi connectivity index (χ2n) is 7.31. The molecule has 0 radical (unpaired) electrons. The molecule has 0 unspecified atom stereocenters. The van der Waals surface area contributed by atoms with E-state index in [0.717, 1.165) is 23.0 Å². The maximum atomic E-state index is 6.24. The summed E-state index contributed by atoms with van der Waals surface area (Å²) in [6.45, 7) is 0. The van der Waals surface area contributed by atoms with Crippen LogP contribution in [0.4, 0.5) is 0 Å². The topological polar surface area (TPSA) is 18.5 Å². The van der Waals surface area contributed by atoms with Crippen LogP contribution >= 0.6 is 0 Å². The Bertz CT molecular complexity index is 1010. The number of benzene rings is 4.